The zero-order chi connectivity index (χ0) is 15.5. The van der Waals surface area contributed by atoms with Crippen LogP contribution in [0.25, 0.3) is 0 Å². The van der Waals surface area contributed by atoms with Crippen molar-refractivity contribution in [1.82, 2.24) is 5.32 Å². The van der Waals surface area contributed by atoms with E-state index in [4.69, 9.17) is 21.1 Å². The van der Waals surface area contributed by atoms with E-state index in [9.17, 15) is 9.59 Å². The molecule has 1 saturated heterocycles. The number of halogens is 1. The topological polar surface area (TPSA) is 64.6 Å². The molecule has 21 heavy (non-hydrogen) atoms. The van der Waals surface area contributed by atoms with Gasteiger partial charge in [0, 0.05) is 18.4 Å². The highest BCUT2D eigenvalue weighted by Gasteiger charge is 2.42. The van der Waals surface area contributed by atoms with Crippen LogP contribution in [0.15, 0.2) is 18.2 Å². The largest absolute Gasteiger partial charge is 0.495 e. The van der Waals surface area contributed by atoms with E-state index in [1.54, 1.807) is 19.1 Å². The molecule has 1 atom stereocenters. The lowest BCUT2D eigenvalue weighted by Gasteiger charge is -2.27. The lowest BCUT2D eigenvalue weighted by Crippen LogP contribution is -2.32. The van der Waals surface area contributed by atoms with Gasteiger partial charge in [-0.2, -0.15) is 0 Å². The van der Waals surface area contributed by atoms with Crippen molar-refractivity contribution in [2.45, 2.75) is 25.2 Å². The summed E-state index contributed by atoms with van der Waals surface area (Å²) in [6, 6.07) is 5.33. The minimum atomic E-state index is -0.612. The van der Waals surface area contributed by atoms with Gasteiger partial charge in [0.2, 0.25) is 5.91 Å². The monoisotopic (exact) mass is 311 g/mol. The van der Waals surface area contributed by atoms with Crippen molar-refractivity contribution in [3.05, 3.63) is 28.8 Å². The lowest BCUT2D eigenvalue weighted by molar-refractivity contribution is -0.144. The number of amides is 1. The van der Waals surface area contributed by atoms with Crippen LogP contribution >= 0.6 is 11.6 Å². The molecule has 1 aromatic rings. The molecule has 1 unspecified atom stereocenters. The average Bonchev–Trinajstić information content (AvgIpc) is 2.81. The molecule has 6 heteroatoms. The number of nitrogens with one attached hydrogen (secondary N) is 1. The first-order valence-corrected chi connectivity index (χ1v) is 7.15. The maximum absolute atomic E-state index is 11.9. The number of carbonyl (C=O) groups is 2. The van der Waals surface area contributed by atoms with Crippen molar-refractivity contribution in [3.63, 3.8) is 0 Å². The normalized spacial score (nSPS) is 21.0. The fourth-order valence-corrected chi connectivity index (χ4v) is 2.87. The van der Waals surface area contributed by atoms with Gasteiger partial charge >= 0.3 is 5.97 Å². The SMILES string of the molecule is CCOC(=O)CC1(c2ccc(OC)c(Cl)c2)CNC(=O)C1. The molecule has 1 amide bonds. The summed E-state index contributed by atoms with van der Waals surface area (Å²) >= 11 is 6.16. The second-order valence-corrected chi connectivity index (χ2v) is 5.47. The highest BCUT2D eigenvalue weighted by atomic mass is 35.5. The predicted octanol–water partition coefficient (Wildman–Crippen LogP) is 2.06. The van der Waals surface area contributed by atoms with Gasteiger partial charge in [0.05, 0.1) is 25.2 Å². The van der Waals surface area contributed by atoms with Crippen molar-refractivity contribution < 1.29 is 19.1 Å². The van der Waals surface area contributed by atoms with Crippen LogP contribution in [-0.4, -0.2) is 32.1 Å². The van der Waals surface area contributed by atoms with Crippen LogP contribution in [0.4, 0.5) is 0 Å². The van der Waals surface area contributed by atoms with E-state index >= 15 is 0 Å². The lowest BCUT2D eigenvalue weighted by atomic mass is 9.76. The molecule has 0 radical (unpaired) electrons. The van der Waals surface area contributed by atoms with E-state index in [-0.39, 0.29) is 24.7 Å². The molecule has 1 N–H and O–H groups in total. The predicted molar refractivity (Wildman–Crippen MR) is 78.6 cm³/mol. The van der Waals surface area contributed by atoms with E-state index in [1.165, 1.54) is 7.11 Å². The number of hydrogen-bond donors (Lipinski definition) is 1. The minimum absolute atomic E-state index is 0.0776. The summed E-state index contributed by atoms with van der Waals surface area (Å²) in [5.41, 5.74) is 0.221. The van der Waals surface area contributed by atoms with Gasteiger partial charge < -0.3 is 14.8 Å². The average molecular weight is 312 g/mol. The Morgan fingerprint density at radius 1 is 1.48 bits per heavy atom. The molecule has 1 aliphatic rings. The van der Waals surface area contributed by atoms with E-state index in [0.29, 0.717) is 23.9 Å². The van der Waals surface area contributed by atoms with Crippen molar-refractivity contribution >= 4 is 23.5 Å². The number of esters is 1. The Kier molecular flexibility index (Phi) is 4.73. The first-order chi connectivity index (χ1) is 10.0. The molecule has 1 heterocycles. The highest BCUT2D eigenvalue weighted by molar-refractivity contribution is 6.32. The van der Waals surface area contributed by atoms with Gasteiger partial charge in [0.1, 0.15) is 5.75 Å². The third-order valence-corrected chi connectivity index (χ3v) is 3.97. The van der Waals surface area contributed by atoms with Crippen molar-refractivity contribution in [3.8, 4) is 5.75 Å². The van der Waals surface area contributed by atoms with Crippen LogP contribution in [0.1, 0.15) is 25.3 Å². The van der Waals surface area contributed by atoms with Gasteiger partial charge in [-0.3, -0.25) is 9.59 Å². The maximum Gasteiger partial charge on any atom is 0.306 e. The molecule has 0 spiro atoms. The summed E-state index contributed by atoms with van der Waals surface area (Å²) in [7, 11) is 1.54. The molecule has 0 aliphatic carbocycles. The maximum atomic E-state index is 11.9. The Bertz CT molecular complexity index is 561. The summed E-state index contributed by atoms with van der Waals surface area (Å²) in [5, 5.41) is 3.24. The number of ether oxygens (including phenoxy) is 2. The van der Waals surface area contributed by atoms with Crippen molar-refractivity contribution in [1.29, 1.82) is 0 Å². The number of rotatable bonds is 5. The first-order valence-electron chi connectivity index (χ1n) is 6.77. The second kappa shape index (κ2) is 6.35. The Morgan fingerprint density at radius 3 is 2.76 bits per heavy atom. The summed E-state index contributed by atoms with van der Waals surface area (Å²) in [4.78, 5) is 23.5. The molecular weight excluding hydrogens is 294 g/mol. The highest BCUT2D eigenvalue weighted by Crippen LogP contribution is 2.38. The Balaban J connectivity index is 2.34. The Hall–Kier alpha value is -1.75. The van der Waals surface area contributed by atoms with Crippen LogP contribution in [0.5, 0.6) is 5.75 Å². The zero-order valence-electron chi connectivity index (χ0n) is 12.1. The molecule has 5 nitrogen and oxygen atoms in total. The quantitative estimate of drug-likeness (QED) is 0.845. The third kappa shape index (κ3) is 3.29. The molecular formula is C15H18ClNO4. The molecule has 0 saturated carbocycles. The van der Waals surface area contributed by atoms with Crippen LogP contribution < -0.4 is 10.1 Å². The van der Waals surface area contributed by atoms with E-state index in [1.807, 2.05) is 6.07 Å². The van der Waals surface area contributed by atoms with Crippen molar-refractivity contribution in [2.75, 3.05) is 20.3 Å². The summed E-state index contributed by atoms with van der Waals surface area (Å²) in [6.07, 6.45) is 0.386. The number of benzene rings is 1. The van der Waals surface area contributed by atoms with Gasteiger partial charge in [-0.1, -0.05) is 17.7 Å². The van der Waals surface area contributed by atoms with Crippen LogP contribution in [0.2, 0.25) is 5.02 Å². The van der Waals surface area contributed by atoms with Gasteiger partial charge in [-0.05, 0) is 24.6 Å². The Morgan fingerprint density at radius 2 is 2.24 bits per heavy atom. The zero-order valence-corrected chi connectivity index (χ0v) is 12.8. The van der Waals surface area contributed by atoms with Crippen molar-refractivity contribution in [2.24, 2.45) is 0 Å². The molecule has 114 valence electrons. The molecule has 0 bridgehead atoms. The summed E-state index contributed by atoms with van der Waals surface area (Å²) < 4.78 is 10.2. The molecule has 1 aromatic carbocycles. The van der Waals surface area contributed by atoms with Crippen LogP contribution in [-0.2, 0) is 19.7 Å². The van der Waals surface area contributed by atoms with Gasteiger partial charge in [-0.15, -0.1) is 0 Å². The number of carbonyl (C=O) groups excluding carboxylic acids is 2. The fourth-order valence-electron chi connectivity index (χ4n) is 2.62. The smallest absolute Gasteiger partial charge is 0.306 e. The van der Waals surface area contributed by atoms with Crippen LogP contribution in [0, 0.1) is 0 Å². The second-order valence-electron chi connectivity index (χ2n) is 5.06. The van der Waals surface area contributed by atoms with E-state index in [0.717, 1.165) is 5.56 Å². The van der Waals surface area contributed by atoms with Gasteiger partial charge in [0.25, 0.3) is 0 Å². The van der Waals surface area contributed by atoms with E-state index < -0.39 is 5.41 Å². The third-order valence-electron chi connectivity index (χ3n) is 3.68. The molecule has 0 aromatic heterocycles. The molecule has 2 rings (SSSR count). The summed E-state index contributed by atoms with van der Waals surface area (Å²) in [6.45, 7) is 2.47. The fraction of sp³-hybridized carbons (Fsp3) is 0.467. The first kappa shape index (κ1) is 15.6. The van der Waals surface area contributed by atoms with Crippen LogP contribution in [0.3, 0.4) is 0 Å². The van der Waals surface area contributed by atoms with Gasteiger partial charge in [-0.25, -0.2) is 0 Å². The molecule has 1 aliphatic heterocycles. The van der Waals surface area contributed by atoms with Gasteiger partial charge in [0.15, 0.2) is 0 Å². The standard InChI is InChI=1S/C15H18ClNO4/c1-3-21-14(19)8-15(7-13(18)17-9-15)10-4-5-12(20-2)11(16)6-10/h4-6H,3,7-9H2,1-2H3,(H,17,18). The number of hydrogen-bond acceptors (Lipinski definition) is 4. The minimum Gasteiger partial charge on any atom is -0.495 e. The number of methoxy groups -OCH3 is 1. The molecule has 1 fully saturated rings. The summed E-state index contributed by atoms with van der Waals surface area (Å²) in [5.74, 6) is 0.163. The van der Waals surface area contributed by atoms with E-state index in [2.05, 4.69) is 5.32 Å². The Labute approximate surface area is 128 Å².